The van der Waals surface area contributed by atoms with E-state index in [9.17, 15) is 15.0 Å². The Morgan fingerprint density at radius 2 is 1.18 bits per heavy atom. The maximum absolute atomic E-state index is 13.8. The van der Waals surface area contributed by atoms with Crippen LogP contribution in [0.5, 0.6) is 11.5 Å². The summed E-state index contributed by atoms with van der Waals surface area (Å²) in [7, 11) is 0. The minimum Gasteiger partial charge on any atom is -0.507 e. The fourth-order valence-corrected chi connectivity index (χ4v) is 4.60. The second-order valence-corrected chi connectivity index (χ2v) is 11.0. The van der Waals surface area contributed by atoms with Crippen LogP contribution in [0.3, 0.4) is 0 Å². The summed E-state index contributed by atoms with van der Waals surface area (Å²) in [6, 6.07) is 7.51. The van der Waals surface area contributed by atoms with E-state index in [-0.39, 0.29) is 37.9 Å². The molecule has 3 N–H and O–H groups in total. The number of aromatic hydroxyl groups is 2. The molecule has 0 radical (unpaired) electrons. The number of esters is 1. The lowest BCUT2D eigenvalue weighted by Gasteiger charge is -2.31. The minimum atomic E-state index is -1.18. The van der Waals surface area contributed by atoms with Crippen LogP contribution in [0.25, 0.3) is 0 Å². The Bertz CT molecular complexity index is 993. The normalized spacial score (nSPS) is 11.9. The summed E-state index contributed by atoms with van der Waals surface area (Å²) < 4.78 is 16.4. The zero-order chi connectivity index (χ0) is 28.5. The average Bonchev–Trinajstić information content (AvgIpc) is 2.84. The number of rotatable bonds is 15. The lowest BCUT2D eigenvalue weighted by Crippen LogP contribution is -2.37. The molecule has 0 atom stereocenters. The molecule has 0 heterocycles. The second kappa shape index (κ2) is 14.5. The van der Waals surface area contributed by atoms with Gasteiger partial charge in [0.15, 0.2) is 0 Å². The van der Waals surface area contributed by atoms with Gasteiger partial charge in [-0.1, -0.05) is 52.0 Å². The van der Waals surface area contributed by atoms with Gasteiger partial charge < -0.3 is 29.5 Å². The van der Waals surface area contributed by atoms with Gasteiger partial charge in [-0.25, -0.2) is 0 Å². The highest BCUT2D eigenvalue weighted by atomic mass is 16.6. The molecule has 0 aliphatic heterocycles. The number of hydrogen-bond donors (Lipinski definition) is 3. The summed E-state index contributed by atoms with van der Waals surface area (Å²) in [5.41, 5.74) is 3.25. The van der Waals surface area contributed by atoms with E-state index in [1.807, 2.05) is 45.0 Å². The largest absolute Gasteiger partial charge is 0.507 e. The summed E-state index contributed by atoms with van der Waals surface area (Å²) in [4.78, 5) is 13.8. The third-order valence-corrected chi connectivity index (χ3v) is 6.65. The number of aliphatic hydroxyl groups excluding tert-OH is 1. The molecule has 2 rings (SSSR count). The van der Waals surface area contributed by atoms with E-state index in [1.54, 1.807) is 0 Å². The molecule has 0 aromatic heterocycles. The number of carbonyl (C=O) groups is 1. The average molecular weight is 531 g/mol. The Hall–Kier alpha value is -2.61. The highest BCUT2D eigenvalue weighted by Gasteiger charge is 2.40. The molecule has 7 nitrogen and oxygen atoms in total. The van der Waals surface area contributed by atoms with Crippen molar-refractivity contribution < 1.29 is 34.3 Å². The fourth-order valence-electron chi connectivity index (χ4n) is 4.60. The van der Waals surface area contributed by atoms with E-state index in [0.29, 0.717) is 49.0 Å². The lowest BCUT2D eigenvalue weighted by molar-refractivity contribution is -0.150. The van der Waals surface area contributed by atoms with Gasteiger partial charge in [0, 0.05) is 0 Å². The molecular formula is C31H46O7. The van der Waals surface area contributed by atoms with Crippen LogP contribution in [0.4, 0.5) is 0 Å². The topological polar surface area (TPSA) is 105 Å². The molecule has 212 valence electrons. The maximum atomic E-state index is 13.8. The number of phenols is 2. The number of phenolic OH excluding ortho intramolecular Hbond substituents is 2. The first kappa shape index (κ1) is 31.6. The molecule has 0 saturated heterocycles. The number of benzene rings is 2. The van der Waals surface area contributed by atoms with Gasteiger partial charge in [-0.3, -0.25) is 4.79 Å². The van der Waals surface area contributed by atoms with Crippen molar-refractivity contribution in [2.24, 2.45) is 11.8 Å². The molecule has 2 aromatic rings. The molecular weight excluding hydrogens is 484 g/mol. The molecule has 2 aromatic carbocycles. The molecule has 0 unspecified atom stereocenters. The zero-order valence-electron chi connectivity index (χ0n) is 24.1. The molecule has 0 fully saturated rings. The molecule has 0 aliphatic carbocycles. The monoisotopic (exact) mass is 530 g/mol. The van der Waals surface area contributed by atoms with E-state index >= 15 is 0 Å². The van der Waals surface area contributed by atoms with Crippen molar-refractivity contribution in [1.29, 1.82) is 0 Å². The number of aliphatic hydroxyl groups is 1. The fraction of sp³-hybridized carbons (Fsp3) is 0.581. The van der Waals surface area contributed by atoms with E-state index in [2.05, 4.69) is 27.7 Å². The van der Waals surface area contributed by atoms with Crippen molar-refractivity contribution in [2.45, 2.75) is 66.7 Å². The van der Waals surface area contributed by atoms with Crippen LogP contribution in [-0.2, 0) is 37.3 Å². The first-order chi connectivity index (χ1) is 17.9. The van der Waals surface area contributed by atoms with Crippen molar-refractivity contribution in [3.63, 3.8) is 0 Å². The molecule has 0 spiro atoms. The van der Waals surface area contributed by atoms with Gasteiger partial charge in [-0.05, 0) is 78.8 Å². The van der Waals surface area contributed by atoms with Crippen molar-refractivity contribution >= 4 is 5.97 Å². The Morgan fingerprint density at radius 1 is 0.763 bits per heavy atom. The number of carbonyl (C=O) groups excluding carboxylic acids is 1. The maximum Gasteiger partial charge on any atom is 0.320 e. The highest BCUT2D eigenvalue weighted by molar-refractivity contribution is 5.88. The van der Waals surface area contributed by atoms with E-state index in [4.69, 9.17) is 19.3 Å². The van der Waals surface area contributed by atoms with Gasteiger partial charge in [0.2, 0.25) is 0 Å². The first-order valence-electron chi connectivity index (χ1n) is 13.5. The Labute approximate surface area is 227 Å². The van der Waals surface area contributed by atoms with E-state index in [1.165, 1.54) is 0 Å². The van der Waals surface area contributed by atoms with E-state index in [0.717, 1.165) is 22.3 Å². The summed E-state index contributed by atoms with van der Waals surface area (Å²) in [6.45, 7) is 15.1. The Kier molecular flexibility index (Phi) is 12.1. The van der Waals surface area contributed by atoms with Crippen molar-refractivity contribution in [2.75, 3.05) is 39.6 Å². The third kappa shape index (κ3) is 8.19. The van der Waals surface area contributed by atoms with Gasteiger partial charge >= 0.3 is 5.97 Å². The first-order valence-corrected chi connectivity index (χ1v) is 13.5. The predicted molar refractivity (Wildman–Crippen MR) is 149 cm³/mol. The van der Waals surface area contributed by atoms with Crippen LogP contribution in [0.15, 0.2) is 24.3 Å². The van der Waals surface area contributed by atoms with Crippen LogP contribution >= 0.6 is 0 Å². The molecule has 0 saturated carbocycles. The van der Waals surface area contributed by atoms with Gasteiger partial charge in [-0.15, -0.1) is 0 Å². The lowest BCUT2D eigenvalue weighted by atomic mass is 9.73. The summed E-state index contributed by atoms with van der Waals surface area (Å²) >= 11 is 0. The minimum absolute atomic E-state index is 0.0402. The molecule has 38 heavy (non-hydrogen) atoms. The van der Waals surface area contributed by atoms with Crippen LogP contribution in [0.1, 0.15) is 68.0 Å². The standard InChI is InChI=1S/C31H46O7/c1-20(2)14-24-18-26(16-22(5)28(24)33)31(7,30(35)38-13-12-37-11-10-36-9-8-32)27-17-23(6)29(34)25(19-27)15-21(3)4/h16-21,32-34H,8-15H2,1-7H3. The van der Waals surface area contributed by atoms with Crippen LogP contribution in [0.2, 0.25) is 0 Å². The Balaban J connectivity index is 2.48. The number of ether oxygens (including phenoxy) is 3. The van der Waals surface area contributed by atoms with Crippen LogP contribution < -0.4 is 0 Å². The number of aryl methyl sites for hydroxylation is 2. The van der Waals surface area contributed by atoms with Gasteiger partial charge in [-0.2, -0.15) is 0 Å². The van der Waals surface area contributed by atoms with Gasteiger partial charge in [0.25, 0.3) is 0 Å². The third-order valence-electron chi connectivity index (χ3n) is 6.65. The summed E-state index contributed by atoms with van der Waals surface area (Å²) in [5.74, 6) is 0.704. The summed E-state index contributed by atoms with van der Waals surface area (Å²) in [5, 5.41) is 30.3. The second-order valence-electron chi connectivity index (χ2n) is 11.0. The van der Waals surface area contributed by atoms with Crippen LogP contribution in [-0.4, -0.2) is 60.9 Å². The Morgan fingerprint density at radius 3 is 1.61 bits per heavy atom. The smallest absolute Gasteiger partial charge is 0.320 e. The van der Waals surface area contributed by atoms with Crippen molar-refractivity contribution in [1.82, 2.24) is 0 Å². The predicted octanol–water partition coefficient (Wildman–Crippen LogP) is 4.99. The quantitative estimate of drug-likeness (QED) is 0.220. The number of hydrogen-bond acceptors (Lipinski definition) is 7. The van der Waals surface area contributed by atoms with Crippen LogP contribution in [0, 0.1) is 25.7 Å². The molecule has 7 heteroatoms. The highest BCUT2D eigenvalue weighted by Crippen LogP contribution is 2.40. The SMILES string of the molecule is Cc1cc(C(C)(C(=O)OCCOCCOCCO)c2cc(C)c(O)c(CC(C)C)c2)cc(CC(C)C)c1O. The van der Waals surface area contributed by atoms with Crippen molar-refractivity contribution in [3.05, 3.63) is 57.6 Å². The molecule has 0 bridgehead atoms. The molecule has 0 aliphatic rings. The summed E-state index contributed by atoms with van der Waals surface area (Å²) in [6.07, 6.45) is 1.34. The van der Waals surface area contributed by atoms with Gasteiger partial charge in [0.1, 0.15) is 23.5 Å². The van der Waals surface area contributed by atoms with E-state index < -0.39 is 11.4 Å². The molecule has 0 amide bonds. The van der Waals surface area contributed by atoms with Crippen molar-refractivity contribution in [3.8, 4) is 11.5 Å². The van der Waals surface area contributed by atoms with Gasteiger partial charge in [0.05, 0.1) is 33.0 Å². The zero-order valence-corrected chi connectivity index (χ0v) is 24.1.